The maximum absolute atomic E-state index is 14.2. The maximum Gasteiger partial charge on any atom is 0.321 e. The molecule has 0 aliphatic carbocycles. The van der Waals surface area contributed by atoms with E-state index in [2.05, 4.69) is 31.2 Å². The Morgan fingerprint density at radius 3 is 2.55 bits per heavy atom. The molecular formula is C26H31F2N9O4S. The predicted molar refractivity (Wildman–Crippen MR) is 152 cm³/mol. The Labute approximate surface area is 240 Å². The SMILES string of the molecule is Cc1cc(F)c(S(=O)(=O)N2CC(NC(=O)Nc3nc(=O)c(-c4ccc(CNCCCNC(=N)N)cc4)c[nH]3)C2)cc1F. The Morgan fingerprint density at radius 1 is 1.17 bits per heavy atom. The average molecular weight is 604 g/mol. The third kappa shape index (κ3) is 7.45. The van der Waals surface area contributed by atoms with Crippen LogP contribution in [0.1, 0.15) is 17.5 Å². The van der Waals surface area contributed by atoms with Crippen molar-refractivity contribution < 1.29 is 22.0 Å². The molecule has 3 aromatic rings. The van der Waals surface area contributed by atoms with E-state index in [1.54, 1.807) is 12.1 Å². The van der Waals surface area contributed by atoms with E-state index in [1.807, 2.05) is 12.1 Å². The molecule has 0 spiro atoms. The highest BCUT2D eigenvalue weighted by molar-refractivity contribution is 7.89. The Morgan fingerprint density at radius 2 is 1.88 bits per heavy atom. The highest BCUT2D eigenvalue weighted by Gasteiger charge is 2.39. The monoisotopic (exact) mass is 603 g/mol. The summed E-state index contributed by atoms with van der Waals surface area (Å²) in [7, 11) is -4.28. The van der Waals surface area contributed by atoms with E-state index in [4.69, 9.17) is 11.1 Å². The minimum absolute atomic E-state index is 0.0136. The molecule has 1 aromatic heterocycles. The molecule has 0 bridgehead atoms. The minimum atomic E-state index is -4.28. The van der Waals surface area contributed by atoms with Crippen LogP contribution in [-0.4, -0.2) is 66.9 Å². The van der Waals surface area contributed by atoms with Crippen LogP contribution in [0.2, 0.25) is 0 Å². The smallest absolute Gasteiger partial charge is 0.321 e. The first kappa shape index (κ1) is 30.5. The third-order valence-electron chi connectivity index (χ3n) is 6.48. The first-order valence-electron chi connectivity index (χ1n) is 12.9. The molecule has 13 nitrogen and oxygen atoms in total. The van der Waals surface area contributed by atoms with Gasteiger partial charge in [0, 0.05) is 32.4 Å². The number of aromatic amines is 1. The molecule has 0 saturated carbocycles. The Hall–Kier alpha value is -4.41. The van der Waals surface area contributed by atoms with E-state index >= 15 is 0 Å². The number of aryl methyl sites for hydroxylation is 1. The zero-order valence-corrected chi connectivity index (χ0v) is 23.4. The molecule has 42 heavy (non-hydrogen) atoms. The number of hydrogen-bond donors (Lipinski definition) is 7. The van der Waals surface area contributed by atoms with Gasteiger partial charge in [-0.15, -0.1) is 0 Å². The van der Waals surface area contributed by atoms with Gasteiger partial charge in [0.1, 0.15) is 16.5 Å². The fourth-order valence-corrected chi connectivity index (χ4v) is 5.75. The summed E-state index contributed by atoms with van der Waals surface area (Å²) in [5.41, 5.74) is 6.60. The number of hydrogen-bond acceptors (Lipinski definition) is 7. The highest BCUT2D eigenvalue weighted by Crippen LogP contribution is 2.26. The number of guanidine groups is 1. The number of carbonyl (C=O) groups excluding carboxylic acids is 1. The summed E-state index contributed by atoms with van der Waals surface area (Å²) >= 11 is 0. The van der Waals surface area contributed by atoms with Gasteiger partial charge in [-0.25, -0.2) is 22.0 Å². The second-order valence-electron chi connectivity index (χ2n) is 9.68. The number of nitrogens with zero attached hydrogens (tertiary/aromatic N) is 2. The van der Waals surface area contributed by atoms with Crippen LogP contribution in [0.5, 0.6) is 0 Å². The van der Waals surface area contributed by atoms with Crippen molar-refractivity contribution in [2.45, 2.75) is 30.8 Å². The van der Waals surface area contributed by atoms with Crippen LogP contribution in [-0.2, 0) is 16.6 Å². The fourth-order valence-electron chi connectivity index (χ4n) is 4.16. The van der Waals surface area contributed by atoms with E-state index in [0.29, 0.717) is 30.3 Å². The number of aromatic nitrogens is 2. The van der Waals surface area contributed by atoms with Crippen molar-refractivity contribution >= 4 is 28.0 Å². The molecule has 0 unspecified atom stereocenters. The van der Waals surface area contributed by atoms with Crippen LogP contribution >= 0.6 is 0 Å². The summed E-state index contributed by atoms with van der Waals surface area (Å²) in [5, 5.41) is 18.1. The van der Waals surface area contributed by atoms with Crippen molar-refractivity contribution in [3.8, 4) is 11.1 Å². The van der Waals surface area contributed by atoms with E-state index in [9.17, 15) is 26.8 Å². The van der Waals surface area contributed by atoms with Crippen molar-refractivity contribution in [3.05, 3.63) is 75.7 Å². The topological polar surface area (TPSA) is 198 Å². The summed E-state index contributed by atoms with van der Waals surface area (Å²) in [5.74, 6) is -2.06. The quantitative estimate of drug-likeness (QED) is 0.0963. The number of sulfonamides is 1. The number of urea groups is 1. The molecule has 2 heterocycles. The standard InChI is InChI=1S/C26H31F2N9O4S/c1-15-9-21(28)22(10-20(15)27)42(40,41)37-13-18(14-37)34-26(39)36-25-33-12-19(23(38)35-25)17-5-3-16(4-6-17)11-31-7-2-8-32-24(29)30/h3-6,9-10,12,18,31H,2,7-8,11,13-14H2,1H3,(H4,29,30,32)(H3,33,34,35,36,38,39). The minimum Gasteiger partial charge on any atom is -0.370 e. The molecule has 4 rings (SSSR count). The van der Waals surface area contributed by atoms with Crippen LogP contribution < -0.4 is 32.6 Å². The largest absolute Gasteiger partial charge is 0.370 e. The number of halogens is 2. The van der Waals surface area contributed by atoms with Crippen molar-refractivity contribution in [2.75, 3.05) is 31.5 Å². The summed E-state index contributed by atoms with van der Waals surface area (Å²) in [6, 6.07) is 7.47. The van der Waals surface area contributed by atoms with E-state index < -0.39 is 44.2 Å². The number of nitrogens with two attached hydrogens (primary N) is 1. The van der Waals surface area contributed by atoms with Gasteiger partial charge in [-0.2, -0.15) is 9.29 Å². The molecule has 1 fully saturated rings. The summed E-state index contributed by atoms with van der Waals surface area (Å²) in [4.78, 5) is 30.8. The molecule has 1 saturated heterocycles. The molecule has 224 valence electrons. The Kier molecular flexibility index (Phi) is 9.49. The van der Waals surface area contributed by atoms with E-state index in [0.717, 1.165) is 28.9 Å². The van der Waals surface area contributed by atoms with Crippen molar-refractivity contribution in [1.29, 1.82) is 5.41 Å². The van der Waals surface area contributed by atoms with E-state index in [1.165, 1.54) is 13.1 Å². The van der Waals surface area contributed by atoms with Crippen LogP contribution in [0.4, 0.5) is 19.5 Å². The highest BCUT2D eigenvalue weighted by atomic mass is 32.2. The van der Waals surface area contributed by atoms with Crippen LogP contribution in [0.25, 0.3) is 11.1 Å². The number of rotatable bonds is 11. The summed E-state index contributed by atoms with van der Waals surface area (Å²) in [6.45, 7) is 3.00. The number of H-pyrrole nitrogens is 1. The van der Waals surface area contributed by atoms with Crippen LogP contribution in [0.3, 0.4) is 0 Å². The summed E-state index contributed by atoms with van der Waals surface area (Å²) < 4.78 is 54.2. The zero-order chi connectivity index (χ0) is 30.4. The van der Waals surface area contributed by atoms with E-state index in [-0.39, 0.29) is 30.6 Å². The number of anilines is 1. The van der Waals surface area contributed by atoms with Crippen LogP contribution in [0.15, 0.2) is 52.3 Å². The molecule has 8 N–H and O–H groups in total. The second-order valence-corrected chi connectivity index (χ2v) is 11.6. The van der Waals surface area contributed by atoms with Crippen molar-refractivity contribution in [1.82, 2.24) is 30.2 Å². The van der Waals surface area contributed by atoms with Gasteiger partial charge in [0.15, 0.2) is 5.96 Å². The molecule has 1 aliphatic rings. The van der Waals surface area contributed by atoms with Gasteiger partial charge in [0.25, 0.3) is 5.56 Å². The van der Waals surface area contributed by atoms with Gasteiger partial charge < -0.3 is 26.7 Å². The molecule has 0 atom stereocenters. The number of amides is 2. The lowest BCUT2D eigenvalue weighted by molar-refractivity contribution is 0.212. The van der Waals surface area contributed by atoms with Gasteiger partial charge in [-0.3, -0.25) is 15.5 Å². The Bertz CT molecular complexity index is 1630. The normalized spacial score (nSPS) is 13.8. The summed E-state index contributed by atoms with van der Waals surface area (Å²) in [6.07, 6.45) is 2.23. The first-order valence-corrected chi connectivity index (χ1v) is 14.4. The molecule has 0 radical (unpaired) electrons. The van der Waals surface area contributed by atoms with Crippen LogP contribution in [0, 0.1) is 24.0 Å². The van der Waals surface area contributed by atoms with Crippen molar-refractivity contribution in [3.63, 3.8) is 0 Å². The van der Waals surface area contributed by atoms with Gasteiger partial charge in [0.2, 0.25) is 16.0 Å². The lowest BCUT2D eigenvalue weighted by Crippen LogP contribution is -2.61. The van der Waals surface area contributed by atoms with Gasteiger partial charge in [-0.05, 0) is 48.7 Å². The van der Waals surface area contributed by atoms with Gasteiger partial charge in [-0.1, -0.05) is 24.3 Å². The second kappa shape index (κ2) is 13.1. The molecular weight excluding hydrogens is 572 g/mol. The third-order valence-corrected chi connectivity index (χ3v) is 8.33. The number of benzene rings is 2. The van der Waals surface area contributed by atoms with Gasteiger partial charge >= 0.3 is 6.03 Å². The predicted octanol–water partition coefficient (Wildman–Crippen LogP) is 1.18. The van der Waals surface area contributed by atoms with Crippen molar-refractivity contribution in [2.24, 2.45) is 5.73 Å². The maximum atomic E-state index is 14.2. The Balaban J connectivity index is 1.26. The molecule has 2 amide bonds. The first-order chi connectivity index (χ1) is 19.9. The molecule has 2 aromatic carbocycles. The lowest BCUT2D eigenvalue weighted by atomic mass is 10.1. The van der Waals surface area contributed by atoms with Gasteiger partial charge in [0.05, 0.1) is 11.6 Å². The lowest BCUT2D eigenvalue weighted by Gasteiger charge is -2.38. The zero-order valence-electron chi connectivity index (χ0n) is 22.6. The molecule has 16 heteroatoms. The number of nitrogens with one attached hydrogen (secondary N) is 6. The average Bonchev–Trinajstić information content (AvgIpc) is 2.90. The number of carbonyl (C=O) groups is 1. The fraction of sp³-hybridized carbons (Fsp3) is 0.308. The molecule has 1 aliphatic heterocycles.